The Bertz CT molecular complexity index is 188. The van der Waals surface area contributed by atoms with Gasteiger partial charge >= 0.3 is 0 Å². The minimum absolute atomic E-state index is 0.778. The largest absolute Gasteiger partial charge is 0.385 e. The van der Waals surface area contributed by atoms with Gasteiger partial charge in [0.15, 0.2) is 5.11 Å². The Morgan fingerprint density at radius 2 is 1.88 bits per heavy atom. The molecule has 0 aliphatic carbocycles. The van der Waals surface area contributed by atoms with Crippen LogP contribution in [0.3, 0.4) is 0 Å². The van der Waals surface area contributed by atoms with E-state index in [-0.39, 0.29) is 0 Å². The zero-order chi connectivity index (χ0) is 12.4. The molecular weight excluding hydrogens is 222 g/mol. The van der Waals surface area contributed by atoms with Crippen LogP contribution in [0.4, 0.5) is 0 Å². The van der Waals surface area contributed by atoms with E-state index in [0.29, 0.717) is 0 Å². The van der Waals surface area contributed by atoms with Gasteiger partial charge in [-0.05, 0) is 45.7 Å². The number of thiocarbonyl (C=S) groups is 1. The van der Waals surface area contributed by atoms with Gasteiger partial charge in [-0.15, -0.1) is 0 Å². The van der Waals surface area contributed by atoms with Crippen LogP contribution in [0.5, 0.6) is 0 Å². The molecular formula is C11H25N3OS. The van der Waals surface area contributed by atoms with Crippen LogP contribution in [0.15, 0.2) is 0 Å². The maximum absolute atomic E-state index is 5.27. The van der Waals surface area contributed by atoms with Gasteiger partial charge in [-0.1, -0.05) is 0 Å². The Morgan fingerprint density at radius 3 is 2.44 bits per heavy atom. The minimum atomic E-state index is 0.778. The van der Waals surface area contributed by atoms with Gasteiger partial charge in [0.2, 0.25) is 0 Å². The number of hydrogen-bond acceptors (Lipinski definition) is 3. The highest BCUT2D eigenvalue weighted by Crippen LogP contribution is 1.91. The number of hydrogen-bond donors (Lipinski definition) is 1. The molecule has 0 bridgehead atoms. The summed E-state index contributed by atoms with van der Waals surface area (Å²) < 4.78 is 4.97. The first kappa shape index (κ1) is 15.6. The molecule has 1 N–H and O–H groups in total. The van der Waals surface area contributed by atoms with E-state index in [1.807, 2.05) is 7.05 Å². The highest BCUT2D eigenvalue weighted by molar-refractivity contribution is 7.80. The molecule has 5 heteroatoms. The maximum Gasteiger partial charge on any atom is 0.168 e. The summed E-state index contributed by atoms with van der Waals surface area (Å²) in [5, 5.41) is 4.05. The fourth-order valence-corrected chi connectivity index (χ4v) is 1.47. The molecule has 0 aliphatic heterocycles. The summed E-state index contributed by atoms with van der Waals surface area (Å²) in [4.78, 5) is 4.27. The summed E-state index contributed by atoms with van der Waals surface area (Å²) in [7, 11) is 7.91. The van der Waals surface area contributed by atoms with Crippen LogP contribution in [0.25, 0.3) is 0 Å². The lowest BCUT2D eigenvalue weighted by atomic mass is 10.4. The predicted molar refractivity (Wildman–Crippen MR) is 72.9 cm³/mol. The lowest BCUT2D eigenvalue weighted by Crippen LogP contribution is -2.38. The smallest absolute Gasteiger partial charge is 0.168 e. The number of nitrogens with one attached hydrogen (secondary N) is 1. The van der Waals surface area contributed by atoms with Crippen molar-refractivity contribution in [2.24, 2.45) is 0 Å². The van der Waals surface area contributed by atoms with Crippen LogP contribution < -0.4 is 5.32 Å². The minimum Gasteiger partial charge on any atom is -0.385 e. The Labute approximate surface area is 105 Å². The summed E-state index contributed by atoms with van der Waals surface area (Å²) in [5.41, 5.74) is 0. The SMILES string of the molecule is COCCCNC(=S)N(C)CCCN(C)C. The first-order chi connectivity index (χ1) is 7.57. The van der Waals surface area contributed by atoms with Gasteiger partial charge in [0.25, 0.3) is 0 Å². The third kappa shape index (κ3) is 8.88. The molecule has 0 saturated heterocycles. The fraction of sp³-hybridized carbons (Fsp3) is 0.909. The molecule has 4 nitrogen and oxygen atoms in total. The van der Waals surface area contributed by atoms with E-state index in [9.17, 15) is 0 Å². The van der Waals surface area contributed by atoms with E-state index in [1.165, 1.54) is 0 Å². The molecule has 16 heavy (non-hydrogen) atoms. The summed E-state index contributed by atoms with van der Waals surface area (Å²) >= 11 is 5.27. The van der Waals surface area contributed by atoms with Gasteiger partial charge in [0.1, 0.15) is 0 Å². The van der Waals surface area contributed by atoms with Crippen molar-refractivity contribution in [1.82, 2.24) is 15.1 Å². The van der Waals surface area contributed by atoms with Gasteiger partial charge in [-0.2, -0.15) is 0 Å². The van der Waals surface area contributed by atoms with Gasteiger partial charge in [0.05, 0.1) is 0 Å². The number of methoxy groups -OCH3 is 1. The third-order valence-electron chi connectivity index (χ3n) is 2.25. The molecule has 0 atom stereocenters. The summed E-state index contributed by atoms with van der Waals surface area (Å²) in [6.07, 6.45) is 2.12. The molecule has 0 saturated carbocycles. The standard InChI is InChI=1S/C11H25N3OS/c1-13(2)8-6-9-14(3)11(16)12-7-5-10-15-4/h5-10H2,1-4H3,(H,12,16). The fourth-order valence-electron chi connectivity index (χ4n) is 1.27. The quantitative estimate of drug-likeness (QED) is 0.505. The first-order valence-corrected chi connectivity index (χ1v) is 6.11. The molecule has 0 amide bonds. The van der Waals surface area contributed by atoms with Crippen molar-refractivity contribution in [2.75, 3.05) is 54.5 Å². The molecule has 0 aromatic carbocycles. The Morgan fingerprint density at radius 1 is 1.19 bits per heavy atom. The van der Waals surface area contributed by atoms with E-state index in [0.717, 1.165) is 44.2 Å². The number of ether oxygens (including phenoxy) is 1. The molecule has 0 aliphatic rings. The van der Waals surface area contributed by atoms with Crippen molar-refractivity contribution < 1.29 is 4.74 Å². The van der Waals surface area contributed by atoms with Crippen LogP contribution >= 0.6 is 12.2 Å². The van der Waals surface area contributed by atoms with Crippen molar-refractivity contribution in [2.45, 2.75) is 12.8 Å². The average molecular weight is 247 g/mol. The van der Waals surface area contributed by atoms with Gasteiger partial charge in [0, 0.05) is 33.9 Å². The lowest BCUT2D eigenvalue weighted by Gasteiger charge is -2.21. The molecule has 0 spiro atoms. The average Bonchev–Trinajstić information content (AvgIpc) is 2.23. The summed E-state index contributed by atoms with van der Waals surface area (Å²) in [5.74, 6) is 0. The zero-order valence-electron chi connectivity index (χ0n) is 11.0. The monoisotopic (exact) mass is 247 g/mol. The van der Waals surface area contributed by atoms with Crippen LogP contribution in [-0.4, -0.2) is 69.4 Å². The normalized spacial score (nSPS) is 10.6. The number of nitrogens with zero attached hydrogens (tertiary/aromatic N) is 2. The predicted octanol–water partition coefficient (Wildman–Crippen LogP) is 0.781. The van der Waals surface area contributed by atoms with Crippen LogP contribution in [0.2, 0.25) is 0 Å². The van der Waals surface area contributed by atoms with Crippen molar-refractivity contribution in [1.29, 1.82) is 0 Å². The van der Waals surface area contributed by atoms with Crippen LogP contribution in [-0.2, 0) is 4.74 Å². The van der Waals surface area contributed by atoms with Crippen molar-refractivity contribution in [3.05, 3.63) is 0 Å². The molecule has 0 radical (unpaired) electrons. The highest BCUT2D eigenvalue weighted by Gasteiger charge is 2.02. The molecule has 0 aromatic rings. The topological polar surface area (TPSA) is 27.7 Å². The summed E-state index contributed by atoms with van der Waals surface area (Å²) in [6.45, 7) is 3.75. The highest BCUT2D eigenvalue weighted by atomic mass is 32.1. The van der Waals surface area contributed by atoms with E-state index in [4.69, 9.17) is 17.0 Å². The second kappa shape index (κ2) is 9.81. The van der Waals surface area contributed by atoms with Gasteiger partial charge in [-0.25, -0.2) is 0 Å². The van der Waals surface area contributed by atoms with E-state index >= 15 is 0 Å². The van der Waals surface area contributed by atoms with Crippen molar-refractivity contribution in [3.8, 4) is 0 Å². The second-order valence-corrected chi connectivity index (χ2v) is 4.54. The van der Waals surface area contributed by atoms with Gasteiger partial charge < -0.3 is 19.9 Å². The van der Waals surface area contributed by atoms with Crippen LogP contribution in [0, 0.1) is 0 Å². The first-order valence-electron chi connectivity index (χ1n) is 5.70. The molecule has 0 fully saturated rings. The van der Waals surface area contributed by atoms with E-state index in [2.05, 4.69) is 29.2 Å². The number of rotatable bonds is 8. The molecule has 0 rings (SSSR count). The van der Waals surface area contributed by atoms with E-state index in [1.54, 1.807) is 7.11 Å². The Balaban J connectivity index is 3.49. The third-order valence-corrected chi connectivity index (χ3v) is 2.70. The molecule has 0 aromatic heterocycles. The van der Waals surface area contributed by atoms with Crippen molar-refractivity contribution >= 4 is 17.3 Å². The zero-order valence-corrected chi connectivity index (χ0v) is 11.8. The molecule has 0 unspecified atom stereocenters. The molecule has 0 heterocycles. The molecule has 96 valence electrons. The second-order valence-electron chi connectivity index (χ2n) is 4.16. The summed E-state index contributed by atoms with van der Waals surface area (Å²) in [6, 6.07) is 0. The Kier molecular flexibility index (Phi) is 9.57. The van der Waals surface area contributed by atoms with Crippen molar-refractivity contribution in [3.63, 3.8) is 0 Å². The Hall–Kier alpha value is -0.390. The van der Waals surface area contributed by atoms with Crippen LogP contribution in [0.1, 0.15) is 12.8 Å². The van der Waals surface area contributed by atoms with E-state index < -0.39 is 0 Å². The maximum atomic E-state index is 5.27. The lowest BCUT2D eigenvalue weighted by molar-refractivity contribution is 0.195. The van der Waals surface area contributed by atoms with Gasteiger partial charge in [-0.3, -0.25) is 0 Å².